The topological polar surface area (TPSA) is 91.8 Å². The second-order valence-corrected chi connectivity index (χ2v) is 12.0. The van der Waals surface area contributed by atoms with E-state index in [1.54, 1.807) is 18.2 Å². The summed E-state index contributed by atoms with van der Waals surface area (Å²) in [6, 6.07) is 14.2. The molecule has 1 aliphatic heterocycles. The number of likely N-dealkylation sites (tertiary alicyclic amines) is 1. The van der Waals surface area contributed by atoms with Crippen molar-refractivity contribution in [3.63, 3.8) is 0 Å². The Labute approximate surface area is 223 Å². The molecule has 2 aromatic rings. The zero-order valence-electron chi connectivity index (χ0n) is 20.1. The Bertz CT molecular complexity index is 1190. The molecule has 1 heterocycles. The summed E-state index contributed by atoms with van der Waals surface area (Å²) in [7, 11) is -2.61. The van der Waals surface area contributed by atoms with Crippen LogP contribution in [-0.4, -0.2) is 42.1 Å². The van der Waals surface area contributed by atoms with Gasteiger partial charge in [-0.3, -0.25) is 9.59 Å². The van der Waals surface area contributed by atoms with Gasteiger partial charge in [0.05, 0.1) is 17.9 Å². The van der Waals surface area contributed by atoms with Crippen LogP contribution in [0.15, 0.2) is 48.5 Å². The fourth-order valence-corrected chi connectivity index (χ4v) is 6.64. The van der Waals surface area contributed by atoms with E-state index in [0.717, 1.165) is 24.0 Å². The van der Waals surface area contributed by atoms with Crippen molar-refractivity contribution in [2.75, 3.05) is 5.75 Å². The third-order valence-electron chi connectivity index (χ3n) is 7.77. The van der Waals surface area contributed by atoms with Gasteiger partial charge in [-0.05, 0) is 73.4 Å². The Kier molecular flexibility index (Phi) is 8.32. The van der Waals surface area contributed by atoms with Gasteiger partial charge in [-0.15, -0.1) is 0 Å². The summed E-state index contributed by atoms with van der Waals surface area (Å²) in [6.07, 6.45) is 2.59. The molecule has 9 heteroatoms. The Balaban J connectivity index is 1.92. The Morgan fingerprint density at radius 2 is 1.81 bits per heavy atom. The molecule has 2 fully saturated rings. The first-order valence-corrected chi connectivity index (χ1v) is 14.4. The van der Waals surface area contributed by atoms with Crippen molar-refractivity contribution in [2.45, 2.75) is 63.5 Å². The highest BCUT2D eigenvalue weighted by Gasteiger charge is 2.55. The lowest BCUT2D eigenvalue weighted by Gasteiger charge is -2.53. The average molecular weight is 553 g/mol. The molecule has 4 atom stereocenters. The predicted molar refractivity (Wildman–Crippen MR) is 141 cm³/mol. The maximum atomic E-state index is 14.4. The molecule has 1 saturated heterocycles. The molecule has 0 bridgehead atoms. The molecule has 2 aliphatic rings. The van der Waals surface area contributed by atoms with E-state index in [1.807, 2.05) is 42.2 Å². The number of thiol groups is 1. The summed E-state index contributed by atoms with van der Waals surface area (Å²) in [5, 5.41) is 11.0. The fourth-order valence-electron chi connectivity index (χ4n) is 5.84. The van der Waals surface area contributed by atoms with Crippen molar-refractivity contribution in [3.8, 4) is 0 Å². The largest absolute Gasteiger partial charge is 0.481 e. The lowest BCUT2D eigenvalue weighted by atomic mass is 9.64. The number of halogens is 2. The number of benzene rings is 2. The number of nitrogens with zero attached hydrogens (tertiary/aromatic N) is 1. The number of aliphatic carboxylic acids is 1. The van der Waals surface area contributed by atoms with E-state index < -0.39 is 28.1 Å². The molecule has 0 spiro atoms. The number of amides is 1. The molecule has 0 aromatic heterocycles. The van der Waals surface area contributed by atoms with Crippen molar-refractivity contribution >= 4 is 45.8 Å². The van der Waals surface area contributed by atoms with Gasteiger partial charge in [0, 0.05) is 27.8 Å². The molecular formula is C27H31Cl2NO5S. The van der Waals surface area contributed by atoms with Crippen LogP contribution < -0.4 is 0 Å². The van der Waals surface area contributed by atoms with E-state index in [9.17, 15) is 23.1 Å². The minimum absolute atomic E-state index is 0.0203. The first-order chi connectivity index (χ1) is 17.1. The van der Waals surface area contributed by atoms with Crippen LogP contribution in [0.25, 0.3) is 0 Å². The second kappa shape index (κ2) is 11.1. The van der Waals surface area contributed by atoms with E-state index in [0.29, 0.717) is 29.3 Å². The smallest absolute Gasteiger partial charge is 0.304 e. The number of carboxylic acids is 1. The number of carbonyl (C=O) groups is 2. The van der Waals surface area contributed by atoms with Crippen molar-refractivity contribution in [2.24, 2.45) is 11.3 Å². The number of hydrogen-bond acceptors (Lipinski definition) is 4. The van der Waals surface area contributed by atoms with E-state index in [4.69, 9.17) is 23.2 Å². The number of piperidine rings is 1. The number of carbonyl (C=O) groups excluding carboxylic acids is 1. The zero-order valence-corrected chi connectivity index (χ0v) is 22.5. The average Bonchev–Trinajstić information content (AvgIpc) is 3.67. The molecule has 4 rings (SSSR count). The highest BCUT2D eigenvalue weighted by molar-refractivity contribution is 7.72. The van der Waals surface area contributed by atoms with Gasteiger partial charge in [0.1, 0.15) is 10.7 Å². The van der Waals surface area contributed by atoms with Gasteiger partial charge < -0.3 is 10.0 Å². The van der Waals surface area contributed by atoms with Crippen LogP contribution in [0.4, 0.5) is 0 Å². The molecule has 4 unspecified atom stereocenters. The summed E-state index contributed by atoms with van der Waals surface area (Å²) in [5.74, 6) is -1.29. The first-order valence-electron chi connectivity index (χ1n) is 12.3. The minimum Gasteiger partial charge on any atom is -0.481 e. The van der Waals surface area contributed by atoms with Crippen LogP contribution in [0.3, 0.4) is 0 Å². The van der Waals surface area contributed by atoms with Gasteiger partial charge in [0.25, 0.3) is 0 Å². The summed E-state index contributed by atoms with van der Waals surface area (Å²) in [4.78, 5) is 28.2. The van der Waals surface area contributed by atoms with Gasteiger partial charge in [-0.1, -0.05) is 54.4 Å². The molecular weight excluding hydrogens is 521 g/mol. The third-order valence-corrected chi connectivity index (χ3v) is 8.88. The number of carboxylic acid groups (broad SMARTS) is 1. The molecule has 2 aromatic carbocycles. The quantitative estimate of drug-likeness (QED) is 0.369. The van der Waals surface area contributed by atoms with Crippen molar-refractivity contribution in [1.82, 2.24) is 4.90 Å². The zero-order chi connectivity index (χ0) is 26.0. The Hall–Kier alpha value is -2.09. The summed E-state index contributed by atoms with van der Waals surface area (Å²) < 4.78 is 23.2. The van der Waals surface area contributed by atoms with Crippen LogP contribution in [0.2, 0.25) is 10.0 Å². The minimum atomic E-state index is -2.61. The van der Waals surface area contributed by atoms with Crippen molar-refractivity contribution in [1.29, 1.82) is 0 Å². The van der Waals surface area contributed by atoms with Crippen molar-refractivity contribution < 1.29 is 23.1 Å². The third kappa shape index (κ3) is 5.74. The van der Waals surface area contributed by atoms with Crippen LogP contribution in [0.5, 0.6) is 0 Å². The first kappa shape index (κ1) is 27.0. The van der Waals surface area contributed by atoms with Gasteiger partial charge in [-0.2, -0.15) is 0 Å². The Morgan fingerprint density at radius 3 is 2.36 bits per heavy atom. The van der Waals surface area contributed by atoms with Crippen LogP contribution >= 0.6 is 23.2 Å². The molecule has 1 saturated carbocycles. The summed E-state index contributed by atoms with van der Waals surface area (Å²) >= 11 is 12.6. The molecule has 36 heavy (non-hydrogen) atoms. The lowest BCUT2D eigenvalue weighted by Crippen LogP contribution is -2.57. The number of rotatable bonds is 10. The maximum absolute atomic E-state index is 14.4. The second-order valence-electron chi connectivity index (χ2n) is 10.0. The highest BCUT2D eigenvalue weighted by Crippen LogP contribution is 2.55. The van der Waals surface area contributed by atoms with Gasteiger partial charge in [0.15, 0.2) is 0 Å². The van der Waals surface area contributed by atoms with Crippen molar-refractivity contribution in [3.05, 3.63) is 69.7 Å². The predicted octanol–water partition coefficient (Wildman–Crippen LogP) is 5.70. The normalized spacial score (nSPS) is 25.2. The van der Waals surface area contributed by atoms with Gasteiger partial charge in [0.2, 0.25) is 5.91 Å². The van der Waals surface area contributed by atoms with E-state index in [2.05, 4.69) is 0 Å². The standard InChI is InChI=1S/C27H31Cl2NO5S/c1-2-27(16-24(31)32)15-22(19-4-3-5-21(29)14-19)25(18-8-10-20(28)11-9-18)30(26(27)33)23(17-6-7-17)12-13-36(34)35/h3-5,8-11,14,17,22-23,25,36H,2,6-7,12-13,15-16H2,1H3,(H,31,32). The molecule has 1 amide bonds. The maximum Gasteiger partial charge on any atom is 0.304 e. The molecule has 1 aliphatic carbocycles. The highest BCUT2D eigenvalue weighted by atomic mass is 35.5. The lowest BCUT2D eigenvalue weighted by molar-refractivity contribution is -0.163. The van der Waals surface area contributed by atoms with E-state index in [1.165, 1.54) is 0 Å². The van der Waals surface area contributed by atoms with E-state index in [-0.39, 0.29) is 36.0 Å². The monoisotopic (exact) mass is 551 g/mol. The van der Waals surface area contributed by atoms with Crippen LogP contribution in [0.1, 0.15) is 68.5 Å². The fraction of sp³-hybridized carbons (Fsp3) is 0.481. The van der Waals surface area contributed by atoms with Crippen LogP contribution in [0, 0.1) is 11.3 Å². The van der Waals surface area contributed by atoms with Crippen LogP contribution in [-0.2, 0) is 20.3 Å². The number of hydrogen-bond donors (Lipinski definition) is 2. The molecule has 1 N–H and O–H groups in total. The molecule has 0 radical (unpaired) electrons. The summed E-state index contributed by atoms with van der Waals surface area (Å²) in [6.45, 7) is 1.86. The molecule has 6 nitrogen and oxygen atoms in total. The Morgan fingerprint density at radius 1 is 1.11 bits per heavy atom. The summed E-state index contributed by atoms with van der Waals surface area (Å²) in [5.41, 5.74) is 0.705. The molecule has 194 valence electrons. The van der Waals surface area contributed by atoms with E-state index >= 15 is 0 Å². The van der Waals surface area contributed by atoms with Gasteiger partial charge in [-0.25, -0.2) is 8.42 Å². The SMILES string of the molecule is CCC1(CC(=O)O)CC(c2cccc(Cl)c2)C(c2ccc(Cl)cc2)N(C(CC[SH](=O)=O)C2CC2)C1=O. The van der Waals surface area contributed by atoms with Gasteiger partial charge >= 0.3 is 5.97 Å².